The fourth-order valence-electron chi connectivity index (χ4n) is 3.12. The minimum Gasteiger partial charge on any atom is -0.314 e. The molecule has 1 aliphatic carbocycles. The second-order valence-electron chi connectivity index (χ2n) is 5.83. The summed E-state index contributed by atoms with van der Waals surface area (Å²) in [5, 5.41) is 5.97. The summed E-state index contributed by atoms with van der Waals surface area (Å²) in [4.78, 5) is 1.51. The van der Waals surface area contributed by atoms with Gasteiger partial charge in [0.25, 0.3) is 0 Å². The summed E-state index contributed by atoms with van der Waals surface area (Å²) in [7, 11) is 0. The zero-order valence-corrected chi connectivity index (χ0v) is 14.4. The molecule has 108 valence electrons. The van der Waals surface area contributed by atoms with Crippen LogP contribution in [-0.4, -0.2) is 12.6 Å². The van der Waals surface area contributed by atoms with Crippen molar-refractivity contribution in [3.05, 3.63) is 20.8 Å². The Morgan fingerprint density at radius 3 is 2.79 bits per heavy atom. The summed E-state index contributed by atoms with van der Waals surface area (Å²) in [6.45, 7) is 3.41. The molecule has 1 aromatic heterocycles. The first-order valence-corrected chi connectivity index (χ1v) is 9.41. The van der Waals surface area contributed by atoms with Crippen LogP contribution < -0.4 is 5.32 Å². The first-order chi connectivity index (χ1) is 9.28. The molecule has 1 heterocycles. The second-order valence-corrected chi connectivity index (χ2v) is 7.74. The Labute approximate surface area is 130 Å². The van der Waals surface area contributed by atoms with Crippen LogP contribution in [-0.2, 0) is 6.42 Å². The molecule has 1 aliphatic rings. The van der Waals surface area contributed by atoms with Crippen LogP contribution in [0.4, 0.5) is 0 Å². The van der Waals surface area contributed by atoms with Crippen molar-refractivity contribution in [3.63, 3.8) is 0 Å². The Hall–Kier alpha value is 0.140. The molecular formula is C16H26BrNS. The molecule has 1 unspecified atom stereocenters. The minimum absolute atomic E-state index is 0.675. The molecule has 2 rings (SSSR count). The predicted molar refractivity (Wildman–Crippen MR) is 89.0 cm³/mol. The van der Waals surface area contributed by atoms with Crippen LogP contribution in [0.15, 0.2) is 15.9 Å². The number of nitrogens with one attached hydrogen (secondary N) is 1. The van der Waals surface area contributed by atoms with E-state index in [1.54, 1.807) is 0 Å². The number of hydrogen-bond donors (Lipinski definition) is 1. The molecule has 1 fully saturated rings. The van der Waals surface area contributed by atoms with Gasteiger partial charge in [-0.1, -0.05) is 39.0 Å². The second kappa shape index (κ2) is 8.43. The van der Waals surface area contributed by atoms with Crippen molar-refractivity contribution in [2.24, 2.45) is 5.92 Å². The van der Waals surface area contributed by atoms with Crippen LogP contribution in [0.3, 0.4) is 0 Å². The largest absolute Gasteiger partial charge is 0.314 e. The maximum Gasteiger partial charge on any atom is 0.0285 e. The van der Waals surface area contributed by atoms with Gasteiger partial charge >= 0.3 is 0 Å². The molecule has 3 heteroatoms. The molecule has 1 aromatic rings. The lowest BCUT2D eigenvalue weighted by atomic mass is 9.84. The molecular weight excluding hydrogens is 318 g/mol. The van der Waals surface area contributed by atoms with E-state index in [1.165, 1.54) is 60.7 Å². The third-order valence-corrected chi connectivity index (χ3v) is 5.81. The summed E-state index contributed by atoms with van der Waals surface area (Å²) in [6.07, 6.45) is 11.1. The van der Waals surface area contributed by atoms with E-state index < -0.39 is 0 Å². The van der Waals surface area contributed by atoms with Gasteiger partial charge in [0.2, 0.25) is 0 Å². The van der Waals surface area contributed by atoms with Gasteiger partial charge in [-0.2, -0.15) is 0 Å². The Kier molecular flexibility index (Phi) is 6.89. The van der Waals surface area contributed by atoms with Gasteiger partial charge in [-0.05, 0) is 53.7 Å². The molecule has 0 spiro atoms. The van der Waals surface area contributed by atoms with Gasteiger partial charge < -0.3 is 5.32 Å². The van der Waals surface area contributed by atoms with E-state index in [1.807, 2.05) is 11.3 Å². The minimum atomic E-state index is 0.675. The van der Waals surface area contributed by atoms with Crippen molar-refractivity contribution in [2.75, 3.05) is 6.54 Å². The van der Waals surface area contributed by atoms with Gasteiger partial charge in [0.05, 0.1) is 0 Å². The molecule has 1 saturated carbocycles. The summed E-state index contributed by atoms with van der Waals surface area (Å²) >= 11 is 5.45. The van der Waals surface area contributed by atoms with Crippen molar-refractivity contribution in [1.29, 1.82) is 0 Å². The number of halogens is 1. The van der Waals surface area contributed by atoms with E-state index >= 15 is 0 Å². The fourth-order valence-corrected chi connectivity index (χ4v) is 4.65. The molecule has 19 heavy (non-hydrogen) atoms. The van der Waals surface area contributed by atoms with E-state index in [-0.39, 0.29) is 0 Å². The van der Waals surface area contributed by atoms with Crippen molar-refractivity contribution in [2.45, 2.75) is 64.3 Å². The first-order valence-electron chi connectivity index (χ1n) is 7.74. The smallest absolute Gasteiger partial charge is 0.0285 e. The maximum absolute atomic E-state index is 3.77. The summed E-state index contributed by atoms with van der Waals surface area (Å²) < 4.78 is 1.24. The van der Waals surface area contributed by atoms with Crippen molar-refractivity contribution < 1.29 is 0 Å². The highest BCUT2D eigenvalue weighted by molar-refractivity contribution is 9.10. The highest BCUT2D eigenvalue weighted by atomic mass is 79.9. The van der Waals surface area contributed by atoms with Crippen LogP contribution >= 0.6 is 27.3 Å². The van der Waals surface area contributed by atoms with Gasteiger partial charge in [-0.25, -0.2) is 0 Å². The maximum atomic E-state index is 3.77. The Balaban J connectivity index is 1.86. The SMILES string of the molecule is CCCNC(Cc1cc(Br)cs1)CC1CCCCC1. The Morgan fingerprint density at radius 1 is 1.37 bits per heavy atom. The van der Waals surface area contributed by atoms with E-state index in [0.717, 1.165) is 12.5 Å². The molecule has 0 amide bonds. The first kappa shape index (κ1) is 15.5. The topological polar surface area (TPSA) is 12.0 Å². The summed E-state index contributed by atoms with van der Waals surface area (Å²) in [6, 6.07) is 2.96. The molecule has 0 aliphatic heterocycles. The Morgan fingerprint density at radius 2 is 2.16 bits per heavy atom. The van der Waals surface area contributed by atoms with E-state index in [9.17, 15) is 0 Å². The lowest BCUT2D eigenvalue weighted by Crippen LogP contribution is -2.34. The molecule has 1 atom stereocenters. The highest BCUT2D eigenvalue weighted by Gasteiger charge is 2.19. The van der Waals surface area contributed by atoms with Crippen LogP contribution in [0.2, 0.25) is 0 Å². The van der Waals surface area contributed by atoms with Crippen LogP contribution in [0.5, 0.6) is 0 Å². The van der Waals surface area contributed by atoms with Crippen LogP contribution in [0.1, 0.15) is 56.7 Å². The third kappa shape index (κ3) is 5.57. The zero-order valence-electron chi connectivity index (χ0n) is 12.0. The van der Waals surface area contributed by atoms with Gasteiger partial charge in [0, 0.05) is 20.8 Å². The van der Waals surface area contributed by atoms with Gasteiger partial charge in [-0.3, -0.25) is 0 Å². The van der Waals surface area contributed by atoms with E-state index in [4.69, 9.17) is 0 Å². The number of hydrogen-bond acceptors (Lipinski definition) is 2. The third-order valence-electron chi connectivity index (χ3n) is 4.09. The van der Waals surface area contributed by atoms with Crippen molar-refractivity contribution in [1.82, 2.24) is 5.32 Å². The number of rotatable bonds is 7. The zero-order chi connectivity index (χ0) is 13.5. The lowest BCUT2D eigenvalue weighted by molar-refractivity contribution is 0.297. The van der Waals surface area contributed by atoms with Crippen LogP contribution in [0, 0.1) is 5.92 Å². The van der Waals surface area contributed by atoms with E-state index in [2.05, 4.69) is 39.6 Å². The van der Waals surface area contributed by atoms with Gasteiger partial charge in [0.1, 0.15) is 0 Å². The molecule has 0 aromatic carbocycles. The lowest BCUT2D eigenvalue weighted by Gasteiger charge is -2.27. The normalized spacial score (nSPS) is 18.6. The molecule has 0 bridgehead atoms. The Bertz CT molecular complexity index is 357. The predicted octanol–water partition coefficient (Wildman–Crippen LogP) is 5.39. The monoisotopic (exact) mass is 343 g/mol. The average molecular weight is 344 g/mol. The molecule has 1 N–H and O–H groups in total. The van der Waals surface area contributed by atoms with Crippen molar-refractivity contribution >= 4 is 27.3 Å². The molecule has 0 saturated heterocycles. The fraction of sp³-hybridized carbons (Fsp3) is 0.750. The van der Waals surface area contributed by atoms with Crippen molar-refractivity contribution in [3.8, 4) is 0 Å². The summed E-state index contributed by atoms with van der Waals surface area (Å²) in [5.74, 6) is 0.964. The van der Waals surface area contributed by atoms with E-state index in [0.29, 0.717) is 6.04 Å². The molecule has 0 radical (unpaired) electrons. The van der Waals surface area contributed by atoms with Gasteiger partial charge in [0.15, 0.2) is 0 Å². The van der Waals surface area contributed by atoms with Gasteiger partial charge in [-0.15, -0.1) is 11.3 Å². The van der Waals surface area contributed by atoms with Crippen LogP contribution in [0.25, 0.3) is 0 Å². The average Bonchev–Trinajstić information content (AvgIpc) is 2.82. The number of thiophene rings is 1. The summed E-state index contributed by atoms with van der Waals surface area (Å²) in [5.41, 5.74) is 0. The quantitative estimate of drug-likeness (QED) is 0.699. The molecule has 1 nitrogen and oxygen atoms in total. The standard InChI is InChI=1S/C16H26BrNS/c1-2-8-18-15(9-13-6-4-3-5-7-13)11-16-10-14(17)12-19-16/h10,12-13,15,18H,2-9,11H2,1H3. The highest BCUT2D eigenvalue weighted by Crippen LogP contribution is 2.29.